The maximum absolute atomic E-state index is 12.7. The molecule has 0 saturated heterocycles. The van der Waals surface area contributed by atoms with Gasteiger partial charge < -0.3 is 19.3 Å². The Bertz CT molecular complexity index is 248. The molecule has 1 unspecified atom stereocenters. The molecule has 0 aliphatic rings. The molecule has 20 heavy (non-hydrogen) atoms. The van der Waals surface area contributed by atoms with Crippen LogP contribution >= 0.6 is 0 Å². The van der Waals surface area contributed by atoms with Crippen molar-refractivity contribution in [2.24, 2.45) is 0 Å². The first-order chi connectivity index (χ1) is 9.22. The number of ether oxygens (including phenoxy) is 3. The zero-order valence-corrected chi connectivity index (χ0v) is 10.5. The van der Waals surface area contributed by atoms with Gasteiger partial charge in [0.15, 0.2) is 0 Å². The summed E-state index contributed by atoms with van der Waals surface area (Å²) in [5, 5.41) is 8.35. The highest BCUT2D eigenvalue weighted by Crippen LogP contribution is 2.34. The second-order valence-corrected chi connectivity index (χ2v) is 3.67. The molecule has 0 radical (unpaired) electrons. The number of alkyl halides is 6. The van der Waals surface area contributed by atoms with Crippen molar-refractivity contribution in [2.75, 3.05) is 46.2 Å². The van der Waals surface area contributed by atoms with E-state index in [4.69, 9.17) is 14.6 Å². The first-order valence-corrected chi connectivity index (χ1v) is 5.64. The van der Waals surface area contributed by atoms with E-state index in [1.54, 1.807) is 0 Å². The van der Waals surface area contributed by atoms with Crippen molar-refractivity contribution < 1.29 is 45.7 Å². The summed E-state index contributed by atoms with van der Waals surface area (Å²) in [5.74, 6) is -4.64. The topological polar surface area (TPSA) is 47.9 Å². The van der Waals surface area contributed by atoms with E-state index in [0.717, 1.165) is 0 Å². The molecular formula is C10H16F6O4. The molecule has 4 nitrogen and oxygen atoms in total. The van der Waals surface area contributed by atoms with Crippen molar-refractivity contribution >= 4 is 0 Å². The minimum Gasteiger partial charge on any atom is -0.394 e. The fraction of sp³-hybridized carbons (Fsp3) is 1.00. The third-order valence-corrected chi connectivity index (χ3v) is 1.93. The van der Waals surface area contributed by atoms with E-state index in [1.165, 1.54) is 0 Å². The highest BCUT2D eigenvalue weighted by molar-refractivity contribution is 4.82. The molecule has 0 fully saturated rings. The summed E-state index contributed by atoms with van der Waals surface area (Å²) >= 11 is 0. The zero-order chi connectivity index (χ0) is 15.6. The lowest BCUT2D eigenvalue weighted by Crippen LogP contribution is -2.44. The lowest BCUT2D eigenvalue weighted by Gasteiger charge is -2.22. The molecule has 0 amide bonds. The van der Waals surface area contributed by atoms with Crippen LogP contribution in [0.2, 0.25) is 0 Å². The van der Waals surface area contributed by atoms with Gasteiger partial charge in [0.2, 0.25) is 0 Å². The van der Waals surface area contributed by atoms with Gasteiger partial charge in [-0.05, 0) is 0 Å². The van der Waals surface area contributed by atoms with E-state index in [2.05, 4.69) is 4.74 Å². The molecule has 122 valence electrons. The lowest BCUT2D eigenvalue weighted by atomic mass is 10.2. The van der Waals surface area contributed by atoms with E-state index in [-0.39, 0.29) is 33.0 Å². The largest absolute Gasteiger partial charge is 0.425 e. The minimum absolute atomic E-state index is 0.105. The molecule has 0 aromatic carbocycles. The fourth-order valence-corrected chi connectivity index (χ4v) is 1.03. The van der Waals surface area contributed by atoms with E-state index < -0.39 is 31.5 Å². The van der Waals surface area contributed by atoms with Crippen LogP contribution in [-0.2, 0) is 14.2 Å². The smallest absolute Gasteiger partial charge is 0.394 e. The van der Waals surface area contributed by atoms with Crippen LogP contribution in [0.25, 0.3) is 0 Å². The highest BCUT2D eigenvalue weighted by Gasteiger charge is 2.56. The number of aliphatic hydroxyl groups is 1. The van der Waals surface area contributed by atoms with Crippen LogP contribution in [0.1, 0.15) is 0 Å². The average Bonchev–Trinajstić information content (AvgIpc) is 2.34. The van der Waals surface area contributed by atoms with Gasteiger partial charge in [-0.3, -0.25) is 0 Å². The predicted octanol–water partition coefficient (Wildman–Crippen LogP) is 1.56. The van der Waals surface area contributed by atoms with Gasteiger partial charge >= 0.3 is 12.1 Å². The van der Waals surface area contributed by atoms with Crippen LogP contribution in [-0.4, -0.2) is 69.6 Å². The van der Waals surface area contributed by atoms with Gasteiger partial charge in [0.25, 0.3) is 6.17 Å². The third kappa shape index (κ3) is 8.56. The van der Waals surface area contributed by atoms with Crippen molar-refractivity contribution in [3.8, 4) is 0 Å². The molecule has 0 heterocycles. The van der Waals surface area contributed by atoms with Crippen molar-refractivity contribution in [2.45, 2.75) is 18.3 Å². The van der Waals surface area contributed by atoms with Gasteiger partial charge in [-0.2, -0.15) is 13.2 Å². The number of halogens is 6. The lowest BCUT2D eigenvalue weighted by molar-refractivity contribution is -0.255. The van der Waals surface area contributed by atoms with Gasteiger partial charge in [-0.1, -0.05) is 0 Å². The maximum Gasteiger partial charge on any atom is 0.425 e. The second-order valence-electron chi connectivity index (χ2n) is 3.67. The number of aliphatic hydroxyl groups excluding tert-OH is 1. The maximum atomic E-state index is 12.7. The molecule has 0 aromatic rings. The summed E-state index contributed by atoms with van der Waals surface area (Å²) in [5.41, 5.74) is 0. The number of hydrogen-bond acceptors (Lipinski definition) is 4. The minimum atomic E-state index is -5.63. The Morgan fingerprint density at radius 1 is 0.800 bits per heavy atom. The van der Waals surface area contributed by atoms with Crippen molar-refractivity contribution in [1.29, 1.82) is 0 Å². The first kappa shape index (κ1) is 19.4. The Labute approximate surface area is 111 Å². The van der Waals surface area contributed by atoms with Crippen LogP contribution in [0, 0.1) is 0 Å². The van der Waals surface area contributed by atoms with E-state index in [1.807, 2.05) is 0 Å². The Hall–Kier alpha value is -0.580. The summed E-state index contributed by atoms with van der Waals surface area (Å²) in [7, 11) is 0. The van der Waals surface area contributed by atoms with Gasteiger partial charge in [0.05, 0.1) is 39.6 Å². The normalized spacial score (nSPS) is 14.6. The predicted molar refractivity (Wildman–Crippen MR) is 55.4 cm³/mol. The standard InChI is InChI=1S/C10H16F6O4/c11-8(10(14,15)16)9(12,13)7-20-6-5-19-4-3-18-2-1-17/h8,17H,1-7H2. The summed E-state index contributed by atoms with van der Waals surface area (Å²) in [4.78, 5) is 0. The summed E-state index contributed by atoms with van der Waals surface area (Å²) in [6.45, 7) is -1.99. The molecule has 0 saturated carbocycles. The molecular weight excluding hydrogens is 298 g/mol. The Morgan fingerprint density at radius 3 is 1.70 bits per heavy atom. The summed E-state index contributed by atoms with van der Waals surface area (Å²) in [6.07, 6.45) is -9.89. The molecule has 0 spiro atoms. The SMILES string of the molecule is OCCOCCOCCOCC(F)(F)C(F)C(F)(F)F. The fourth-order valence-electron chi connectivity index (χ4n) is 1.03. The summed E-state index contributed by atoms with van der Waals surface area (Å²) < 4.78 is 87.0. The summed E-state index contributed by atoms with van der Waals surface area (Å²) in [6, 6.07) is 0. The van der Waals surface area contributed by atoms with E-state index in [9.17, 15) is 26.3 Å². The molecule has 1 atom stereocenters. The number of rotatable bonds is 11. The van der Waals surface area contributed by atoms with Crippen LogP contribution in [0.4, 0.5) is 26.3 Å². The Morgan fingerprint density at radius 2 is 1.25 bits per heavy atom. The van der Waals surface area contributed by atoms with Crippen molar-refractivity contribution in [1.82, 2.24) is 0 Å². The highest BCUT2D eigenvalue weighted by atomic mass is 19.4. The zero-order valence-electron chi connectivity index (χ0n) is 10.5. The van der Waals surface area contributed by atoms with E-state index >= 15 is 0 Å². The van der Waals surface area contributed by atoms with Crippen LogP contribution in [0.15, 0.2) is 0 Å². The van der Waals surface area contributed by atoms with Crippen LogP contribution < -0.4 is 0 Å². The number of hydrogen-bond donors (Lipinski definition) is 1. The third-order valence-electron chi connectivity index (χ3n) is 1.93. The van der Waals surface area contributed by atoms with Gasteiger partial charge in [-0.15, -0.1) is 0 Å². The molecule has 1 N–H and O–H groups in total. The first-order valence-electron chi connectivity index (χ1n) is 5.64. The van der Waals surface area contributed by atoms with Gasteiger partial charge in [0.1, 0.15) is 6.61 Å². The van der Waals surface area contributed by atoms with Gasteiger partial charge in [-0.25, -0.2) is 13.2 Å². The molecule has 0 rings (SSSR count). The van der Waals surface area contributed by atoms with Gasteiger partial charge in [0, 0.05) is 0 Å². The molecule has 10 heteroatoms. The second kappa shape index (κ2) is 9.37. The van der Waals surface area contributed by atoms with E-state index in [0.29, 0.717) is 0 Å². The van der Waals surface area contributed by atoms with Crippen molar-refractivity contribution in [3.05, 3.63) is 0 Å². The monoisotopic (exact) mass is 314 g/mol. The average molecular weight is 314 g/mol. The molecule has 0 aromatic heterocycles. The van der Waals surface area contributed by atoms with Crippen LogP contribution in [0.3, 0.4) is 0 Å². The molecule has 0 aliphatic carbocycles. The Kier molecular flexibility index (Phi) is 9.10. The quantitative estimate of drug-likeness (QED) is 0.464. The Balaban J connectivity index is 3.63. The van der Waals surface area contributed by atoms with Crippen molar-refractivity contribution in [3.63, 3.8) is 0 Å². The molecule has 0 bridgehead atoms. The molecule has 0 aliphatic heterocycles. The van der Waals surface area contributed by atoms with Crippen LogP contribution in [0.5, 0.6) is 0 Å².